The molecule has 0 aliphatic heterocycles. The van der Waals surface area contributed by atoms with Crippen molar-refractivity contribution in [2.24, 2.45) is 7.05 Å². The number of carbonyl (C=O) groups excluding carboxylic acids is 2. The molecule has 1 rings (SSSR count). The molecule has 15 heavy (non-hydrogen) atoms. The number of alkyl halides is 3. The molecule has 0 aromatic carbocycles. The maximum atomic E-state index is 11.7. The summed E-state index contributed by atoms with van der Waals surface area (Å²) in [5.74, 6) is -3.94. The van der Waals surface area contributed by atoms with E-state index in [9.17, 15) is 22.8 Å². The van der Waals surface area contributed by atoms with Crippen LogP contribution >= 0.6 is 0 Å². The van der Waals surface area contributed by atoms with Gasteiger partial charge in [-0.25, -0.2) is 14.6 Å². The second kappa shape index (κ2) is 3.71. The standard InChI is InChI=1S/C7H5F3N2O3/c1-12-3-11-2-4(12)5(13)15-6(14)7(8,9)10/h2-3H,1H3. The summed E-state index contributed by atoms with van der Waals surface area (Å²) < 4.78 is 39.8. The molecule has 0 unspecified atom stereocenters. The van der Waals surface area contributed by atoms with Gasteiger partial charge >= 0.3 is 18.1 Å². The smallest absolute Gasteiger partial charge is 0.381 e. The highest BCUT2D eigenvalue weighted by atomic mass is 19.4. The van der Waals surface area contributed by atoms with Crippen LogP contribution in [0.3, 0.4) is 0 Å². The lowest BCUT2D eigenvalue weighted by atomic mass is 10.5. The van der Waals surface area contributed by atoms with E-state index < -0.39 is 18.1 Å². The van der Waals surface area contributed by atoms with Crippen LogP contribution in [0.1, 0.15) is 10.5 Å². The molecular formula is C7H5F3N2O3. The SMILES string of the molecule is Cn1cncc1C(=O)OC(=O)C(F)(F)F. The van der Waals surface area contributed by atoms with Gasteiger partial charge in [0.15, 0.2) is 0 Å². The Morgan fingerprint density at radius 2 is 2.07 bits per heavy atom. The Bertz CT molecular complexity index is 396. The van der Waals surface area contributed by atoms with Gasteiger partial charge in [0, 0.05) is 7.05 Å². The monoisotopic (exact) mass is 222 g/mol. The van der Waals surface area contributed by atoms with Crippen LogP contribution in [-0.4, -0.2) is 27.7 Å². The first kappa shape index (κ1) is 11.2. The third kappa shape index (κ3) is 2.55. The first-order valence-electron chi connectivity index (χ1n) is 3.62. The van der Waals surface area contributed by atoms with Gasteiger partial charge in [0.25, 0.3) is 0 Å². The van der Waals surface area contributed by atoms with Gasteiger partial charge in [-0.2, -0.15) is 13.2 Å². The van der Waals surface area contributed by atoms with Crippen molar-refractivity contribution in [3.8, 4) is 0 Å². The van der Waals surface area contributed by atoms with Crippen molar-refractivity contribution < 1.29 is 27.5 Å². The lowest BCUT2D eigenvalue weighted by Gasteiger charge is -2.05. The molecule has 1 aromatic heterocycles. The van der Waals surface area contributed by atoms with Crippen LogP contribution in [0, 0.1) is 0 Å². The largest absolute Gasteiger partial charge is 0.491 e. The number of aryl methyl sites for hydroxylation is 1. The fourth-order valence-electron chi connectivity index (χ4n) is 0.748. The van der Waals surface area contributed by atoms with E-state index in [1.165, 1.54) is 13.4 Å². The van der Waals surface area contributed by atoms with Crippen LogP contribution < -0.4 is 0 Å². The van der Waals surface area contributed by atoms with Gasteiger partial charge in [-0.1, -0.05) is 0 Å². The first-order valence-corrected chi connectivity index (χ1v) is 3.62. The lowest BCUT2D eigenvalue weighted by Crippen LogP contribution is -2.28. The fourth-order valence-corrected chi connectivity index (χ4v) is 0.748. The number of esters is 2. The zero-order chi connectivity index (χ0) is 11.6. The minimum atomic E-state index is -5.19. The highest BCUT2D eigenvalue weighted by molar-refractivity contribution is 5.96. The highest BCUT2D eigenvalue weighted by Gasteiger charge is 2.42. The second-order valence-corrected chi connectivity index (χ2v) is 2.56. The minimum Gasteiger partial charge on any atom is -0.381 e. The van der Waals surface area contributed by atoms with Crippen LogP contribution in [0.5, 0.6) is 0 Å². The molecule has 8 heteroatoms. The van der Waals surface area contributed by atoms with E-state index >= 15 is 0 Å². The van der Waals surface area contributed by atoms with Crippen molar-refractivity contribution in [1.29, 1.82) is 0 Å². The van der Waals surface area contributed by atoms with Crippen LogP contribution in [0.2, 0.25) is 0 Å². The third-order valence-corrected chi connectivity index (χ3v) is 1.44. The molecule has 0 saturated carbocycles. The summed E-state index contributed by atoms with van der Waals surface area (Å²) >= 11 is 0. The number of halogens is 3. The zero-order valence-corrected chi connectivity index (χ0v) is 7.41. The van der Waals surface area contributed by atoms with Crippen molar-refractivity contribution in [2.75, 3.05) is 0 Å². The molecule has 0 amide bonds. The molecule has 1 aromatic rings. The summed E-state index contributed by atoms with van der Waals surface area (Å²) in [6.07, 6.45) is -3.01. The van der Waals surface area contributed by atoms with Crippen molar-refractivity contribution in [3.05, 3.63) is 18.2 Å². The molecule has 0 aliphatic carbocycles. The quantitative estimate of drug-likeness (QED) is 0.517. The molecule has 5 nitrogen and oxygen atoms in total. The summed E-state index contributed by atoms with van der Waals surface area (Å²) in [6.45, 7) is 0. The summed E-state index contributed by atoms with van der Waals surface area (Å²) in [5.41, 5.74) is -0.243. The zero-order valence-electron chi connectivity index (χ0n) is 7.41. The fraction of sp³-hybridized carbons (Fsp3) is 0.286. The van der Waals surface area contributed by atoms with E-state index in [4.69, 9.17) is 0 Å². The van der Waals surface area contributed by atoms with E-state index in [0.29, 0.717) is 0 Å². The molecule has 0 atom stereocenters. The molecule has 0 fully saturated rings. The van der Waals surface area contributed by atoms with E-state index in [0.717, 1.165) is 10.8 Å². The predicted octanol–water partition coefficient (Wildman–Crippen LogP) is 0.666. The second-order valence-electron chi connectivity index (χ2n) is 2.56. The molecule has 0 aliphatic rings. The molecule has 1 heterocycles. The number of hydrogen-bond donors (Lipinski definition) is 0. The van der Waals surface area contributed by atoms with Gasteiger partial charge in [-0.05, 0) is 0 Å². The molecule has 0 N–H and O–H groups in total. The van der Waals surface area contributed by atoms with Crippen LogP contribution in [-0.2, 0) is 16.6 Å². The average molecular weight is 222 g/mol. The number of nitrogens with zero attached hydrogens (tertiary/aromatic N) is 2. The van der Waals surface area contributed by atoms with Gasteiger partial charge in [0.1, 0.15) is 5.69 Å². The van der Waals surface area contributed by atoms with E-state index in [1.54, 1.807) is 0 Å². The normalized spacial score (nSPS) is 11.2. The van der Waals surface area contributed by atoms with Gasteiger partial charge in [-0.3, -0.25) is 0 Å². The Hall–Kier alpha value is -1.86. The molecule has 0 bridgehead atoms. The van der Waals surface area contributed by atoms with Gasteiger partial charge in [0.2, 0.25) is 0 Å². The number of carbonyl (C=O) groups is 2. The van der Waals surface area contributed by atoms with Gasteiger partial charge in [-0.15, -0.1) is 0 Å². The Balaban J connectivity index is 2.74. The average Bonchev–Trinajstić information content (AvgIpc) is 2.49. The number of aromatic nitrogens is 2. The molecule has 0 radical (unpaired) electrons. The molecular weight excluding hydrogens is 217 g/mol. The van der Waals surface area contributed by atoms with Crippen molar-refractivity contribution in [1.82, 2.24) is 9.55 Å². The number of hydrogen-bond acceptors (Lipinski definition) is 4. The summed E-state index contributed by atoms with van der Waals surface area (Å²) in [6, 6.07) is 0. The predicted molar refractivity (Wildman–Crippen MR) is 39.7 cm³/mol. The number of imidazole rings is 1. The number of rotatable bonds is 1. The summed E-state index contributed by atoms with van der Waals surface area (Å²) in [4.78, 5) is 24.7. The van der Waals surface area contributed by atoms with Gasteiger partial charge in [0.05, 0.1) is 12.5 Å². The van der Waals surface area contributed by atoms with Crippen LogP contribution in [0.25, 0.3) is 0 Å². The summed E-state index contributed by atoms with van der Waals surface area (Å²) in [7, 11) is 1.38. The van der Waals surface area contributed by atoms with Crippen LogP contribution in [0.4, 0.5) is 13.2 Å². The Morgan fingerprint density at radius 1 is 1.47 bits per heavy atom. The Kier molecular flexibility index (Phi) is 2.78. The maximum Gasteiger partial charge on any atom is 0.491 e. The molecule has 82 valence electrons. The van der Waals surface area contributed by atoms with Crippen molar-refractivity contribution in [3.63, 3.8) is 0 Å². The van der Waals surface area contributed by atoms with Crippen molar-refractivity contribution in [2.45, 2.75) is 6.18 Å². The van der Waals surface area contributed by atoms with E-state index in [2.05, 4.69) is 9.72 Å². The summed E-state index contributed by atoms with van der Waals surface area (Å²) in [5, 5.41) is 0. The maximum absolute atomic E-state index is 11.7. The Labute approximate surface area is 81.5 Å². The lowest BCUT2D eigenvalue weighted by molar-refractivity contribution is -0.193. The van der Waals surface area contributed by atoms with E-state index in [-0.39, 0.29) is 5.69 Å². The van der Waals surface area contributed by atoms with Crippen molar-refractivity contribution >= 4 is 11.9 Å². The highest BCUT2D eigenvalue weighted by Crippen LogP contribution is 2.17. The molecule has 0 saturated heterocycles. The Morgan fingerprint density at radius 3 is 2.47 bits per heavy atom. The number of ether oxygens (including phenoxy) is 1. The topological polar surface area (TPSA) is 61.2 Å². The third-order valence-electron chi connectivity index (χ3n) is 1.44. The minimum absolute atomic E-state index is 0.243. The van der Waals surface area contributed by atoms with E-state index in [1.807, 2.05) is 0 Å². The first-order chi connectivity index (χ1) is 6.82. The molecule has 0 spiro atoms. The van der Waals surface area contributed by atoms with Crippen LogP contribution in [0.15, 0.2) is 12.5 Å². The van der Waals surface area contributed by atoms with Gasteiger partial charge < -0.3 is 9.30 Å².